The van der Waals surface area contributed by atoms with E-state index in [4.69, 9.17) is 4.74 Å². The Kier molecular flexibility index (Phi) is 4.09. The third kappa shape index (κ3) is 3.35. The second kappa shape index (κ2) is 6.17. The molecule has 2 heterocycles. The van der Waals surface area contributed by atoms with E-state index < -0.39 is 0 Å². The number of hydrogen-bond donors (Lipinski definition) is 0. The van der Waals surface area contributed by atoms with Crippen molar-refractivity contribution in [2.75, 3.05) is 18.0 Å². The SMILES string of the molecule is CC(C)Oc1cc(N2CCC2)cc[n+]1Cc1ccccc1. The lowest BCUT2D eigenvalue weighted by molar-refractivity contribution is -0.694. The van der Waals surface area contributed by atoms with Crippen LogP contribution in [0.25, 0.3) is 0 Å². The fourth-order valence-corrected chi connectivity index (χ4v) is 2.52. The first-order valence-electron chi connectivity index (χ1n) is 7.71. The number of rotatable bonds is 5. The molecule has 0 radical (unpaired) electrons. The molecule has 0 N–H and O–H groups in total. The number of hydrogen-bond acceptors (Lipinski definition) is 2. The monoisotopic (exact) mass is 283 g/mol. The molecular weight excluding hydrogens is 260 g/mol. The van der Waals surface area contributed by atoms with Crippen molar-refractivity contribution in [1.82, 2.24) is 0 Å². The van der Waals surface area contributed by atoms with Crippen LogP contribution in [0, 0.1) is 0 Å². The first-order valence-corrected chi connectivity index (χ1v) is 7.71. The molecule has 3 heteroatoms. The van der Waals surface area contributed by atoms with Crippen LogP contribution in [-0.4, -0.2) is 19.2 Å². The van der Waals surface area contributed by atoms with E-state index in [1.807, 2.05) is 6.07 Å². The van der Waals surface area contributed by atoms with E-state index in [2.05, 4.69) is 65.9 Å². The van der Waals surface area contributed by atoms with Crippen molar-refractivity contribution < 1.29 is 9.30 Å². The van der Waals surface area contributed by atoms with E-state index in [-0.39, 0.29) is 6.10 Å². The summed E-state index contributed by atoms with van der Waals surface area (Å²) >= 11 is 0. The molecule has 0 unspecified atom stereocenters. The number of ether oxygens (including phenoxy) is 1. The topological polar surface area (TPSA) is 16.4 Å². The molecule has 21 heavy (non-hydrogen) atoms. The van der Waals surface area contributed by atoms with Gasteiger partial charge in [-0.15, -0.1) is 0 Å². The van der Waals surface area contributed by atoms with Crippen molar-refractivity contribution in [3.63, 3.8) is 0 Å². The summed E-state index contributed by atoms with van der Waals surface area (Å²) in [5.74, 6) is 0.943. The van der Waals surface area contributed by atoms with Crippen molar-refractivity contribution >= 4 is 5.69 Å². The van der Waals surface area contributed by atoms with Crippen LogP contribution >= 0.6 is 0 Å². The highest BCUT2D eigenvalue weighted by molar-refractivity contribution is 5.48. The summed E-state index contributed by atoms with van der Waals surface area (Å²) in [5.41, 5.74) is 2.55. The molecule has 0 spiro atoms. The predicted molar refractivity (Wildman–Crippen MR) is 84.8 cm³/mol. The Labute approximate surface area is 126 Å². The molecule has 1 saturated heterocycles. The highest BCUT2D eigenvalue weighted by atomic mass is 16.5. The van der Waals surface area contributed by atoms with Crippen molar-refractivity contribution in [3.8, 4) is 5.88 Å². The molecular formula is C18H23N2O+. The minimum atomic E-state index is 0.179. The first kappa shape index (κ1) is 13.9. The molecule has 1 aromatic carbocycles. The Morgan fingerprint density at radius 1 is 1.14 bits per heavy atom. The molecule has 1 aromatic heterocycles. The van der Waals surface area contributed by atoms with E-state index in [1.54, 1.807) is 0 Å². The Bertz CT molecular complexity index is 591. The third-order valence-electron chi connectivity index (χ3n) is 3.75. The molecule has 0 amide bonds. The second-order valence-corrected chi connectivity index (χ2v) is 5.84. The number of anilines is 1. The van der Waals surface area contributed by atoms with Crippen LogP contribution in [0.1, 0.15) is 25.8 Å². The van der Waals surface area contributed by atoms with Crippen LogP contribution in [-0.2, 0) is 6.54 Å². The van der Waals surface area contributed by atoms with E-state index in [9.17, 15) is 0 Å². The molecule has 0 atom stereocenters. The lowest BCUT2D eigenvalue weighted by Crippen LogP contribution is -2.40. The van der Waals surface area contributed by atoms with Gasteiger partial charge in [0.15, 0.2) is 12.7 Å². The molecule has 0 bridgehead atoms. The zero-order chi connectivity index (χ0) is 14.7. The maximum Gasteiger partial charge on any atom is 0.370 e. The van der Waals surface area contributed by atoms with Gasteiger partial charge in [-0.05, 0) is 20.3 Å². The van der Waals surface area contributed by atoms with Crippen LogP contribution in [0.3, 0.4) is 0 Å². The zero-order valence-electron chi connectivity index (χ0n) is 12.8. The van der Waals surface area contributed by atoms with Gasteiger partial charge in [0.25, 0.3) is 0 Å². The standard InChI is InChI=1S/C18H23N2O/c1-15(2)21-18-13-17(19-10-6-11-19)9-12-20(18)14-16-7-4-3-5-8-16/h3-5,7-9,12-13,15H,6,10-11,14H2,1-2H3/q+1. The largest absolute Gasteiger partial charge is 0.442 e. The van der Waals surface area contributed by atoms with Gasteiger partial charge in [-0.1, -0.05) is 30.3 Å². The molecule has 3 nitrogen and oxygen atoms in total. The zero-order valence-corrected chi connectivity index (χ0v) is 12.8. The van der Waals surface area contributed by atoms with Crippen molar-refractivity contribution in [3.05, 3.63) is 54.2 Å². The summed E-state index contributed by atoms with van der Waals surface area (Å²) in [6.45, 7) is 7.29. The summed E-state index contributed by atoms with van der Waals surface area (Å²) < 4.78 is 8.19. The van der Waals surface area contributed by atoms with E-state index in [0.717, 1.165) is 25.5 Å². The number of benzene rings is 1. The first-order chi connectivity index (χ1) is 10.2. The average Bonchev–Trinajstić information content (AvgIpc) is 2.40. The number of pyridine rings is 1. The summed E-state index contributed by atoms with van der Waals surface area (Å²) in [4.78, 5) is 2.39. The Morgan fingerprint density at radius 3 is 2.52 bits per heavy atom. The van der Waals surface area contributed by atoms with Crippen LogP contribution in [0.4, 0.5) is 5.69 Å². The summed E-state index contributed by atoms with van der Waals surface area (Å²) in [6, 6.07) is 14.9. The van der Waals surface area contributed by atoms with Gasteiger partial charge in [0.2, 0.25) is 0 Å². The van der Waals surface area contributed by atoms with Crippen molar-refractivity contribution in [2.24, 2.45) is 0 Å². The third-order valence-corrected chi connectivity index (χ3v) is 3.75. The van der Waals surface area contributed by atoms with Gasteiger partial charge >= 0.3 is 5.88 Å². The van der Waals surface area contributed by atoms with E-state index in [0.29, 0.717) is 0 Å². The molecule has 1 fully saturated rings. The summed E-state index contributed by atoms with van der Waals surface area (Å²) in [7, 11) is 0. The molecule has 0 saturated carbocycles. The van der Waals surface area contributed by atoms with Gasteiger partial charge in [-0.3, -0.25) is 0 Å². The van der Waals surface area contributed by atoms with Gasteiger partial charge in [0.05, 0.1) is 17.9 Å². The Morgan fingerprint density at radius 2 is 1.90 bits per heavy atom. The van der Waals surface area contributed by atoms with Crippen molar-refractivity contribution in [1.29, 1.82) is 0 Å². The van der Waals surface area contributed by atoms with Gasteiger partial charge < -0.3 is 9.64 Å². The average molecular weight is 283 g/mol. The van der Waals surface area contributed by atoms with E-state index >= 15 is 0 Å². The second-order valence-electron chi connectivity index (χ2n) is 5.84. The van der Waals surface area contributed by atoms with Crippen LogP contribution in [0.5, 0.6) is 5.88 Å². The van der Waals surface area contributed by atoms with Gasteiger partial charge in [-0.25, -0.2) is 0 Å². The number of aromatic nitrogens is 1. The van der Waals surface area contributed by atoms with Crippen LogP contribution in [0.2, 0.25) is 0 Å². The maximum atomic E-state index is 6.01. The van der Waals surface area contributed by atoms with E-state index in [1.165, 1.54) is 17.7 Å². The fraction of sp³-hybridized carbons (Fsp3) is 0.389. The molecule has 3 rings (SSSR count). The predicted octanol–water partition coefficient (Wildman–Crippen LogP) is 3.02. The summed E-state index contributed by atoms with van der Waals surface area (Å²) in [6.07, 6.45) is 3.61. The Hall–Kier alpha value is -2.03. The maximum absolute atomic E-state index is 6.01. The molecule has 0 aliphatic carbocycles. The van der Waals surface area contributed by atoms with Gasteiger partial charge in [0, 0.05) is 24.7 Å². The molecule has 1 aliphatic rings. The molecule has 2 aromatic rings. The Balaban J connectivity index is 1.87. The van der Waals surface area contributed by atoms with Crippen LogP contribution in [0.15, 0.2) is 48.7 Å². The van der Waals surface area contributed by atoms with Gasteiger partial charge in [-0.2, -0.15) is 4.57 Å². The highest BCUT2D eigenvalue weighted by Crippen LogP contribution is 2.23. The molecule has 1 aliphatic heterocycles. The van der Waals surface area contributed by atoms with Crippen molar-refractivity contribution in [2.45, 2.75) is 32.9 Å². The quantitative estimate of drug-likeness (QED) is 0.784. The fourth-order valence-electron chi connectivity index (χ4n) is 2.52. The minimum Gasteiger partial charge on any atom is -0.442 e. The lowest BCUT2D eigenvalue weighted by Gasteiger charge is -2.32. The molecule has 110 valence electrons. The number of nitrogens with zero attached hydrogens (tertiary/aromatic N) is 2. The lowest BCUT2D eigenvalue weighted by atomic mass is 10.2. The smallest absolute Gasteiger partial charge is 0.370 e. The minimum absolute atomic E-state index is 0.179. The van der Waals surface area contributed by atoms with Crippen LogP contribution < -0.4 is 14.2 Å². The highest BCUT2D eigenvalue weighted by Gasteiger charge is 2.20. The van der Waals surface area contributed by atoms with Gasteiger partial charge in [0.1, 0.15) is 0 Å². The normalized spacial score (nSPS) is 14.1. The summed E-state index contributed by atoms with van der Waals surface area (Å²) in [5, 5.41) is 0.